The van der Waals surface area contributed by atoms with E-state index < -0.39 is 0 Å². The average Bonchev–Trinajstić information content (AvgIpc) is 3.44. The molecule has 0 amide bonds. The highest BCUT2D eigenvalue weighted by Crippen LogP contribution is 2.64. The van der Waals surface area contributed by atoms with Gasteiger partial charge in [0, 0.05) is 49.2 Å². The number of aromatic nitrogens is 4. The number of nitrogens with zero attached hydrogens (tertiary/aromatic N) is 4. The van der Waals surface area contributed by atoms with E-state index in [2.05, 4.69) is 107 Å². The van der Waals surface area contributed by atoms with Crippen molar-refractivity contribution in [3.05, 3.63) is 145 Å². The Hall–Kier alpha value is -6.53. The fourth-order valence-electron chi connectivity index (χ4n) is 8.44. The molecule has 0 saturated heterocycles. The lowest BCUT2D eigenvalue weighted by atomic mass is 9.82. The molecule has 1 spiro atoms. The standard InChI is InChI=1S/C43H25N5O/c1-3-11-24(12-4-1)39-45-40(25-13-5-2-6-14-25)47-41(46-39)26-21-28-35-30-23-43(30)20-10-9-17-34(43)44-42(35)48-31-18-19-33-37(36(31)29(22-26)38(28)48)27-15-7-8-16-32(27)49-33/h1-23,34,44H. The molecule has 1 N–H and O–H groups in total. The van der Waals surface area contributed by atoms with Gasteiger partial charge in [0.25, 0.3) is 0 Å². The SMILES string of the molecule is C1=CC2Nc3c(c4cc(-c5nc(-c6ccccc6)nc(-c6ccccc6)n5)cc5c6c7c(ccc6n3c45)oc3ccccc37)C3=CC32C=C1. The Labute approximate surface area is 279 Å². The lowest BCUT2D eigenvalue weighted by Gasteiger charge is -2.32. The van der Waals surface area contributed by atoms with Crippen molar-refractivity contribution in [1.82, 2.24) is 19.4 Å². The van der Waals surface area contributed by atoms with Crippen molar-refractivity contribution in [1.29, 1.82) is 0 Å². The van der Waals surface area contributed by atoms with E-state index in [-0.39, 0.29) is 11.5 Å². The van der Waals surface area contributed by atoms with E-state index >= 15 is 0 Å². The summed E-state index contributed by atoms with van der Waals surface area (Å²) >= 11 is 0. The van der Waals surface area contributed by atoms with Crippen molar-refractivity contribution in [2.24, 2.45) is 5.41 Å². The molecule has 6 heteroatoms. The van der Waals surface area contributed by atoms with Crippen molar-refractivity contribution < 1.29 is 4.42 Å². The molecule has 0 saturated carbocycles. The zero-order valence-electron chi connectivity index (χ0n) is 26.1. The van der Waals surface area contributed by atoms with Crippen LogP contribution < -0.4 is 5.32 Å². The van der Waals surface area contributed by atoms with Gasteiger partial charge in [-0.3, -0.25) is 4.40 Å². The molecule has 5 heterocycles. The molecule has 9 aromatic rings. The van der Waals surface area contributed by atoms with Crippen LogP contribution in [0.2, 0.25) is 0 Å². The van der Waals surface area contributed by atoms with Crippen LogP contribution in [-0.2, 0) is 0 Å². The van der Waals surface area contributed by atoms with Gasteiger partial charge in [-0.15, -0.1) is 0 Å². The Morgan fingerprint density at radius 1 is 0.633 bits per heavy atom. The highest BCUT2D eigenvalue weighted by molar-refractivity contribution is 6.31. The van der Waals surface area contributed by atoms with E-state index in [1.54, 1.807) is 0 Å². The molecule has 2 unspecified atom stereocenters. The van der Waals surface area contributed by atoms with E-state index in [1.165, 1.54) is 27.4 Å². The van der Waals surface area contributed by atoms with Gasteiger partial charge in [-0.05, 0) is 35.9 Å². The number of benzene rings is 5. The first-order valence-corrected chi connectivity index (χ1v) is 16.7. The van der Waals surface area contributed by atoms with Crippen molar-refractivity contribution in [2.45, 2.75) is 6.04 Å². The molecule has 0 fully saturated rings. The summed E-state index contributed by atoms with van der Waals surface area (Å²) in [5.41, 5.74) is 9.53. The predicted octanol–water partition coefficient (Wildman–Crippen LogP) is 10.1. The van der Waals surface area contributed by atoms with Crippen molar-refractivity contribution in [3.63, 3.8) is 0 Å². The van der Waals surface area contributed by atoms with Crippen LogP contribution in [0.4, 0.5) is 5.82 Å². The van der Waals surface area contributed by atoms with Crippen molar-refractivity contribution >= 4 is 60.5 Å². The van der Waals surface area contributed by atoms with Crippen molar-refractivity contribution in [2.75, 3.05) is 5.32 Å². The maximum atomic E-state index is 6.42. The third kappa shape index (κ3) is 3.27. The minimum absolute atomic E-state index is 0.0854. The van der Waals surface area contributed by atoms with Crippen LogP contribution in [0.25, 0.3) is 88.9 Å². The number of furan rings is 1. The van der Waals surface area contributed by atoms with Crippen molar-refractivity contribution in [3.8, 4) is 34.2 Å². The number of hydrogen-bond donors (Lipinski definition) is 1. The number of nitrogens with one attached hydrogen (secondary N) is 1. The highest BCUT2D eigenvalue weighted by Gasteiger charge is 2.54. The molecule has 49 heavy (non-hydrogen) atoms. The second kappa shape index (κ2) is 8.88. The smallest absolute Gasteiger partial charge is 0.164 e. The maximum absolute atomic E-state index is 6.42. The first-order valence-electron chi connectivity index (χ1n) is 16.7. The van der Waals surface area contributed by atoms with E-state index in [0.717, 1.165) is 55.3 Å². The summed E-state index contributed by atoms with van der Waals surface area (Å²) in [5, 5.41) is 9.74. The fraction of sp³-hybridized carbons (Fsp3) is 0.0465. The molecule has 0 bridgehead atoms. The van der Waals surface area contributed by atoms with E-state index in [1.807, 2.05) is 42.5 Å². The minimum Gasteiger partial charge on any atom is -0.456 e. The van der Waals surface area contributed by atoms with Gasteiger partial charge in [-0.2, -0.15) is 0 Å². The average molecular weight is 628 g/mol. The van der Waals surface area contributed by atoms with Crippen LogP contribution in [0, 0.1) is 5.41 Å². The van der Waals surface area contributed by atoms with E-state index in [0.29, 0.717) is 17.5 Å². The number of hydrogen-bond acceptors (Lipinski definition) is 5. The number of allylic oxidation sites excluding steroid dienone is 2. The summed E-state index contributed by atoms with van der Waals surface area (Å²) in [7, 11) is 0. The molecule has 5 aromatic carbocycles. The number of rotatable bonds is 3. The molecule has 1 aliphatic heterocycles. The molecular formula is C43H25N5O. The molecule has 3 aliphatic rings. The summed E-state index contributed by atoms with van der Waals surface area (Å²) in [6.07, 6.45) is 11.4. The van der Waals surface area contributed by atoms with Gasteiger partial charge < -0.3 is 9.73 Å². The van der Waals surface area contributed by atoms with Gasteiger partial charge >= 0.3 is 0 Å². The minimum atomic E-state index is -0.0854. The monoisotopic (exact) mass is 627 g/mol. The van der Waals surface area contributed by atoms with Crippen LogP contribution in [-0.4, -0.2) is 25.4 Å². The summed E-state index contributed by atoms with van der Waals surface area (Å²) < 4.78 is 8.85. The van der Waals surface area contributed by atoms with Crippen LogP contribution >= 0.6 is 0 Å². The molecule has 6 nitrogen and oxygen atoms in total. The molecule has 228 valence electrons. The zero-order valence-corrected chi connectivity index (χ0v) is 26.1. The fourth-order valence-corrected chi connectivity index (χ4v) is 8.44. The third-order valence-corrected chi connectivity index (χ3v) is 10.7. The van der Waals surface area contributed by atoms with Gasteiger partial charge in [-0.25, -0.2) is 15.0 Å². The topological polar surface area (TPSA) is 68.2 Å². The molecule has 2 atom stereocenters. The Morgan fingerprint density at radius 3 is 2.10 bits per heavy atom. The Morgan fingerprint density at radius 2 is 1.33 bits per heavy atom. The third-order valence-electron chi connectivity index (χ3n) is 10.7. The second-order valence-electron chi connectivity index (χ2n) is 13.3. The number of para-hydroxylation sites is 1. The number of fused-ring (bicyclic) bond motifs is 11. The molecule has 12 rings (SSSR count). The Kier molecular flexibility index (Phi) is 4.63. The van der Waals surface area contributed by atoms with Crippen LogP contribution in [0.1, 0.15) is 5.56 Å². The normalized spacial score (nSPS) is 19.0. The summed E-state index contributed by atoms with van der Waals surface area (Å²) in [6.45, 7) is 0. The predicted molar refractivity (Wildman–Crippen MR) is 197 cm³/mol. The Balaban J connectivity index is 1.22. The first kappa shape index (κ1) is 25.5. The molecular weight excluding hydrogens is 603 g/mol. The van der Waals surface area contributed by atoms with E-state index in [9.17, 15) is 0 Å². The zero-order chi connectivity index (χ0) is 31.8. The first-order chi connectivity index (χ1) is 24.2. The van der Waals surface area contributed by atoms with Gasteiger partial charge in [0.05, 0.1) is 22.5 Å². The second-order valence-corrected chi connectivity index (χ2v) is 13.3. The lowest BCUT2D eigenvalue weighted by Crippen LogP contribution is -2.34. The van der Waals surface area contributed by atoms with Crippen LogP contribution in [0.15, 0.2) is 144 Å². The molecule has 4 aromatic heterocycles. The van der Waals surface area contributed by atoms with Crippen LogP contribution in [0.3, 0.4) is 0 Å². The summed E-state index contributed by atoms with van der Waals surface area (Å²) in [4.78, 5) is 15.3. The largest absolute Gasteiger partial charge is 0.456 e. The van der Waals surface area contributed by atoms with Gasteiger partial charge in [-0.1, -0.05) is 109 Å². The van der Waals surface area contributed by atoms with Gasteiger partial charge in [0.1, 0.15) is 17.0 Å². The summed E-state index contributed by atoms with van der Waals surface area (Å²) in [6, 6.07) is 37.7. The molecule has 2 aliphatic carbocycles. The summed E-state index contributed by atoms with van der Waals surface area (Å²) in [5.74, 6) is 3.08. The van der Waals surface area contributed by atoms with Gasteiger partial charge in [0.15, 0.2) is 17.5 Å². The maximum Gasteiger partial charge on any atom is 0.164 e. The highest BCUT2D eigenvalue weighted by atomic mass is 16.3. The van der Waals surface area contributed by atoms with E-state index in [4.69, 9.17) is 19.4 Å². The Bertz CT molecular complexity index is 2910. The van der Waals surface area contributed by atoms with Gasteiger partial charge in [0.2, 0.25) is 0 Å². The number of anilines is 1. The van der Waals surface area contributed by atoms with Crippen LogP contribution in [0.5, 0.6) is 0 Å². The molecule has 0 radical (unpaired) electrons. The lowest BCUT2D eigenvalue weighted by molar-refractivity contribution is 0.650. The quantitative estimate of drug-likeness (QED) is 0.211.